The molecule has 0 spiro atoms. The first-order chi connectivity index (χ1) is 12.3. The molecule has 0 aromatic carbocycles. The molecule has 0 aliphatic heterocycles. The number of fused-ring (bicyclic) bond motifs is 5. The molecule has 26 heavy (non-hydrogen) atoms. The summed E-state index contributed by atoms with van der Waals surface area (Å²) in [5.74, 6) is 8.15. The van der Waals surface area contributed by atoms with Crippen molar-refractivity contribution in [3.63, 3.8) is 0 Å². The third-order valence-corrected chi connectivity index (χ3v) is 8.76. The van der Waals surface area contributed by atoms with Gasteiger partial charge in [-0.05, 0) is 62.7 Å². The highest BCUT2D eigenvalue weighted by Crippen LogP contribution is 2.67. The number of Topliss-reactive ketones (excluding diaryl/α,β-unsaturated/α-hetero) is 1. The van der Waals surface area contributed by atoms with Crippen molar-refractivity contribution in [3.8, 4) is 11.8 Å². The van der Waals surface area contributed by atoms with Gasteiger partial charge in [0.25, 0.3) is 0 Å². The van der Waals surface area contributed by atoms with Gasteiger partial charge in [0.05, 0.1) is 6.61 Å². The highest BCUT2D eigenvalue weighted by molar-refractivity contribution is 5.82. The van der Waals surface area contributed by atoms with Crippen molar-refractivity contribution in [1.82, 2.24) is 0 Å². The quantitative estimate of drug-likeness (QED) is 0.558. The summed E-state index contributed by atoms with van der Waals surface area (Å²) in [6.07, 6.45) is 7.97. The molecule has 7 atom stereocenters. The number of hydrogen-bond acceptors (Lipinski definition) is 3. The smallest absolute Gasteiger partial charge is 0.136 e. The minimum absolute atomic E-state index is 0.155. The summed E-state index contributed by atoms with van der Waals surface area (Å²) >= 11 is 0. The molecule has 0 radical (unpaired) electrons. The van der Waals surface area contributed by atoms with Gasteiger partial charge in [0.2, 0.25) is 0 Å². The first kappa shape index (κ1) is 18.3. The van der Waals surface area contributed by atoms with E-state index in [4.69, 9.17) is 0 Å². The summed E-state index contributed by atoms with van der Waals surface area (Å²) in [5.41, 5.74) is -0.0486. The second-order valence-electron chi connectivity index (χ2n) is 9.60. The standard InChI is InChI=1S/C23H32O3/c1-4-8-23(26)11-7-18-20-15(2)12-16-13-17(25)5-10-22(16,14-24)19(20)6-9-21(18,23)3/h12,15,18-20,24,26H,5-7,9-11,13-14H2,1-3H3/t15-,18+,19+,20+,21+,22-,23+/m1/s1. The van der Waals surface area contributed by atoms with Crippen molar-refractivity contribution >= 4 is 5.78 Å². The van der Waals surface area contributed by atoms with Crippen LogP contribution in [0.1, 0.15) is 65.7 Å². The van der Waals surface area contributed by atoms with E-state index in [1.54, 1.807) is 0 Å². The molecule has 0 saturated heterocycles. The van der Waals surface area contributed by atoms with E-state index in [1.165, 1.54) is 5.57 Å². The average molecular weight is 357 g/mol. The van der Waals surface area contributed by atoms with Gasteiger partial charge >= 0.3 is 0 Å². The number of carbonyl (C=O) groups excluding carboxylic acids is 1. The average Bonchev–Trinajstić information content (AvgIpc) is 2.86. The van der Waals surface area contributed by atoms with Crippen molar-refractivity contribution in [2.24, 2.45) is 34.5 Å². The molecule has 3 saturated carbocycles. The second-order valence-corrected chi connectivity index (χ2v) is 9.60. The van der Waals surface area contributed by atoms with Gasteiger partial charge in [0.15, 0.2) is 0 Å². The van der Waals surface area contributed by atoms with Crippen LogP contribution < -0.4 is 0 Å². The lowest BCUT2D eigenvalue weighted by Gasteiger charge is -2.60. The van der Waals surface area contributed by atoms with Crippen LogP contribution in [-0.2, 0) is 4.79 Å². The molecule has 0 aromatic rings. The number of aliphatic hydroxyl groups is 2. The summed E-state index contributed by atoms with van der Waals surface area (Å²) < 4.78 is 0. The van der Waals surface area contributed by atoms with Gasteiger partial charge in [0.1, 0.15) is 11.4 Å². The Hall–Kier alpha value is -1.11. The summed E-state index contributed by atoms with van der Waals surface area (Å²) in [6, 6.07) is 0. The topological polar surface area (TPSA) is 57.5 Å². The molecule has 0 amide bonds. The zero-order valence-electron chi connectivity index (χ0n) is 16.3. The number of allylic oxidation sites excluding steroid dienone is 1. The minimum atomic E-state index is -0.879. The van der Waals surface area contributed by atoms with Crippen LogP contribution in [0.25, 0.3) is 0 Å². The lowest BCUT2D eigenvalue weighted by molar-refractivity contribution is -0.130. The van der Waals surface area contributed by atoms with E-state index in [1.807, 2.05) is 6.92 Å². The van der Waals surface area contributed by atoms with Gasteiger partial charge in [-0.1, -0.05) is 31.4 Å². The fourth-order valence-electron chi connectivity index (χ4n) is 7.38. The summed E-state index contributed by atoms with van der Waals surface area (Å²) in [6.45, 7) is 6.49. The van der Waals surface area contributed by atoms with E-state index in [0.29, 0.717) is 42.3 Å². The number of rotatable bonds is 1. The Morgan fingerprint density at radius 2 is 1.96 bits per heavy atom. The maximum Gasteiger partial charge on any atom is 0.136 e. The van der Waals surface area contributed by atoms with Crippen LogP contribution in [0.4, 0.5) is 0 Å². The molecule has 142 valence electrons. The zero-order chi connectivity index (χ0) is 18.7. The van der Waals surface area contributed by atoms with Gasteiger partial charge in [-0.2, -0.15) is 0 Å². The van der Waals surface area contributed by atoms with Crippen LogP contribution in [-0.4, -0.2) is 28.2 Å². The van der Waals surface area contributed by atoms with E-state index in [9.17, 15) is 15.0 Å². The number of ketones is 1. The molecule has 4 aliphatic rings. The monoisotopic (exact) mass is 356 g/mol. The van der Waals surface area contributed by atoms with Crippen LogP contribution in [0, 0.1) is 46.3 Å². The Morgan fingerprint density at radius 3 is 2.65 bits per heavy atom. The third-order valence-electron chi connectivity index (χ3n) is 8.76. The highest BCUT2D eigenvalue weighted by atomic mass is 16.3. The van der Waals surface area contributed by atoms with E-state index in [-0.39, 0.29) is 17.4 Å². The number of aliphatic hydroxyl groups excluding tert-OH is 1. The number of carbonyl (C=O) groups is 1. The van der Waals surface area contributed by atoms with Crippen LogP contribution >= 0.6 is 0 Å². The molecule has 3 fully saturated rings. The number of hydrogen-bond donors (Lipinski definition) is 2. The molecular formula is C23H32O3. The van der Waals surface area contributed by atoms with Crippen molar-refractivity contribution in [2.75, 3.05) is 6.61 Å². The first-order valence-electron chi connectivity index (χ1n) is 10.3. The zero-order valence-corrected chi connectivity index (χ0v) is 16.3. The van der Waals surface area contributed by atoms with Crippen molar-refractivity contribution in [1.29, 1.82) is 0 Å². The normalized spacial score (nSPS) is 50.0. The molecule has 3 nitrogen and oxygen atoms in total. The van der Waals surface area contributed by atoms with Gasteiger partial charge in [-0.25, -0.2) is 0 Å². The molecular weight excluding hydrogens is 324 g/mol. The molecule has 0 aromatic heterocycles. The van der Waals surface area contributed by atoms with Crippen molar-refractivity contribution < 1.29 is 15.0 Å². The lowest BCUT2D eigenvalue weighted by atomic mass is 9.45. The maximum atomic E-state index is 12.1. The summed E-state index contributed by atoms with van der Waals surface area (Å²) in [7, 11) is 0. The molecule has 0 bridgehead atoms. The Balaban J connectivity index is 1.77. The first-order valence-corrected chi connectivity index (χ1v) is 10.3. The second kappa shape index (κ2) is 5.94. The minimum Gasteiger partial charge on any atom is -0.395 e. The summed E-state index contributed by atoms with van der Waals surface area (Å²) in [4.78, 5) is 12.1. The Kier molecular flexibility index (Phi) is 4.18. The van der Waals surface area contributed by atoms with E-state index >= 15 is 0 Å². The van der Waals surface area contributed by atoms with E-state index < -0.39 is 5.60 Å². The van der Waals surface area contributed by atoms with E-state index in [2.05, 4.69) is 31.8 Å². The van der Waals surface area contributed by atoms with Crippen LogP contribution in [0.3, 0.4) is 0 Å². The SMILES string of the molecule is CC#C[C@]1(O)CC[C@H]2[C@@H]3[C@H](C)C=C4CC(=O)CC[C@]4(CO)[C@H]3CC[C@@]21C. The largest absolute Gasteiger partial charge is 0.395 e. The van der Waals surface area contributed by atoms with Crippen LogP contribution in [0.5, 0.6) is 0 Å². The molecule has 4 rings (SSSR count). The lowest BCUT2D eigenvalue weighted by Crippen LogP contribution is -2.57. The van der Waals surface area contributed by atoms with Gasteiger partial charge in [-0.3, -0.25) is 4.79 Å². The molecule has 3 heteroatoms. The maximum absolute atomic E-state index is 12.1. The molecule has 0 unspecified atom stereocenters. The van der Waals surface area contributed by atoms with Gasteiger partial charge < -0.3 is 10.2 Å². The van der Waals surface area contributed by atoms with Crippen molar-refractivity contribution in [2.45, 2.75) is 71.3 Å². The Labute approximate surface area is 157 Å². The Morgan fingerprint density at radius 1 is 1.23 bits per heavy atom. The van der Waals surface area contributed by atoms with Gasteiger partial charge in [-0.15, -0.1) is 5.92 Å². The van der Waals surface area contributed by atoms with Crippen LogP contribution in [0.15, 0.2) is 11.6 Å². The van der Waals surface area contributed by atoms with Crippen LogP contribution in [0.2, 0.25) is 0 Å². The fraction of sp³-hybridized carbons (Fsp3) is 0.783. The van der Waals surface area contributed by atoms with Gasteiger partial charge in [0, 0.05) is 23.7 Å². The van der Waals surface area contributed by atoms with E-state index in [0.717, 1.165) is 32.1 Å². The predicted octanol–water partition coefficient (Wildman–Crippen LogP) is 3.49. The highest BCUT2D eigenvalue weighted by Gasteiger charge is 2.65. The third kappa shape index (κ3) is 2.18. The fourth-order valence-corrected chi connectivity index (χ4v) is 7.38. The molecule has 4 aliphatic carbocycles. The van der Waals surface area contributed by atoms with Crippen molar-refractivity contribution in [3.05, 3.63) is 11.6 Å². The summed E-state index contributed by atoms with van der Waals surface area (Å²) in [5, 5.41) is 21.8. The Bertz CT molecular complexity index is 713. The predicted molar refractivity (Wildman–Crippen MR) is 101 cm³/mol. The molecule has 0 heterocycles. The molecule has 2 N–H and O–H groups in total.